The minimum absolute atomic E-state index is 0.120. The molecule has 39 heavy (non-hydrogen) atoms. The fraction of sp³-hybridized carbons (Fsp3) is 0.333. The Morgan fingerprint density at radius 3 is 1.23 bits per heavy atom. The smallest absolute Gasteiger partial charge is 0.341 e. The summed E-state index contributed by atoms with van der Waals surface area (Å²) >= 11 is 0. The van der Waals surface area contributed by atoms with Crippen molar-refractivity contribution in [3.05, 3.63) is 47.5 Å². The monoisotopic (exact) mass is 571 g/mol. The Balaban J connectivity index is 2.01. The first-order valence-corrected chi connectivity index (χ1v) is 10.8. The van der Waals surface area contributed by atoms with Gasteiger partial charge in [-0.3, -0.25) is 19.2 Å². The molecule has 0 aliphatic heterocycles. The van der Waals surface area contributed by atoms with Gasteiger partial charge >= 0.3 is 24.2 Å². The maximum atomic E-state index is 13.3. The number of carbonyl (C=O) groups is 4. The molecule has 0 radical (unpaired) electrons. The number of Topliss-reactive ketones (excluding diaryl/α,β-unsaturated/α-hetero) is 4. The first-order chi connectivity index (χ1) is 17.7. The molecular weight excluding hydrogens is 556 g/mol. The van der Waals surface area contributed by atoms with E-state index in [2.05, 4.69) is 0 Å². The second-order valence-corrected chi connectivity index (χ2v) is 8.40. The summed E-state index contributed by atoms with van der Waals surface area (Å²) in [7, 11) is 0. The largest absolute Gasteiger partial charge is 0.461 e. The summed E-state index contributed by atoms with van der Waals surface area (Å²) in [5, 5.41) is 0.239. The molecule has 3 aromatic rings. The lowest BCUT2D eigenvalue weighted by molar-refractivity contribution is -0.268. The molecule has 3 rings (SSSR count). The molecule has 0 fully saturated rings. The lowest BCUT2D eigenvalue weighted by atomic mass is 9.98. The van der Waals surface area contributed by atoms with Crippen LogP contribution in [0.15, 0.2) is 36.4 Å². The average Bonchev–Trinajstić information content (AvgIpc) is 3.14. The van der Waals surface area contributed by atoms with Gasteiger partial charge in [0, 0.05) is 39.5 Å². The molecule has 2 aromatic carbocycles. The van der Waals surface area contributed by atoms with E-state index in [0.29, 0.717) is 11.0 Å². The van der Waals surface area contributed by atoms with E-state index in [0.717, 1.165) is 24.3 Å². The van der Waals surface area contributed by atoms with Gasteiger partial charge in [0.2, 0.25) is 11.6 Å². The van der Waals surface area contributed by atoms with Crippen LogP contribution in [0.1, 0.15) is 40.5 Å². The molecule has 15 heteroatoms. The number of nitrogens with zero attached hydrogens (tertiary/aromatic N) is 1. The van der Waals surface area contributed by atoms with E-state index in [-0.39, 0.29) is 17.3 Å². The predicted molar refractivity (Wildman–Crippen MR) is 115 cm³/mol. The summed E-state index contributed by atoms with van der Waals surface area (Å²) in [6, 6.07) is 6.79. The van der Waals surface area contributed by atoms with Crippen molar-refractivity contribution in [2.45, 2.75) is 50.5 Å². The molecule has 1 aromatic heterocycles. The standard InChI is InChI=1S/C24H15F10NO4/c1-2-35-15-5-3-11(17(36)9-19(38)21(25,26)23(29,30)31)7-13(15)14-8-12(4-6-16(14)35)18(37)10-20(39)22(27,28)24(32,33)34/h3-8H,2,9-10H2,1H3. The van der Waals surface area contributed by atoms with Crippen molar-refractivity contribution >= 4 is 44.9 Å². The van der Waals surface area contributed by atoms with Crippen LogP contribution in [0.5, 0.6) is 0 Å². The second kappa shape index (κ2) is 9.75. The van der Waals surface area contributed by atoms with Gasteiger partial charge in [-0.15, -0.1) is 0 Å². The Labute approximate surface area is 211 Å². The van der Waals surface area contributed by atoms with E-state index in [4.69, 9.17) is 0 Å². The molecule has 0 unspecified atom stereocenters. The van der Waals surface area contributed by atoms with Gasteiger partial charge in [0.25, 0.3) is 0 Å². The number of halogens is 10. The molecule has 1 heterocycles. The Kier molecular flexibility index (Phi) is 7.45. The molecule has 0 aliphatic carbocycles. The minimum atomic E-state index is -6.21. The highest BCUT2D eigenvalue weighted by Crippen LogP contribution is 2.39. The normalized spacial score (nSPS) is 13.2. The number of fused-ring (bicyclic) bond motifs is 3. The van der Waals surface area contributed by atoms with Crippen LogP contribution in [0.2, 0.25) is 0 Å². The number of hydrogen-bond acceptors (Lipinski definition) is 4. The van der Waals surface area contributed by atoms with Crippen molar-refractivity contribution in [3.63, 3.8) is 0 Å². The van der Waals surface area contributed by atoms with Gasteiger partial charge in [-0.05, 0) is 43.3 Å². The molecule has 0 bridgehead atoms. The molecule has 0 amide bonds. The maximum Gasteiger partial charge on any atom is 0.461 e. The van der Waals surface area contributed by atoms with Crippen LogP contribution in [-0.2, 0) is 16.1 Å². The summed E-state index contributed by atoms with van der Waals surface area (Å²) in [4.78, 5) is 47.7. The van der Waals surface area contributed by atoms with Gasteiger partial charge in [0.1, 0.15) is 0 Å². The van der Waals surface area contributed by atoms with Crippen LogP contribution in [-0.4, -0.2) is 51.9 Å². The fourth-order valence-corrected chi connectivity index (χ4v) is 3.83. The van der Waals surface area contributed by atoms with E-state index < -0.39 is 71.3 Å². The first kappa shape index (κ1) is 29.8. The molecule has 0 atom stereocenters. The van der Waals surface area contributed by atoms with Crippen LogP contribution in [0.4, 0.5) is 43.9 Å². The van der Waals surface area contributed by atoms with Crippen LogP contribution >= 0.6 is 0 Å². The summed E-state index contributed by atoms with van der Waals surface area (Å²) in [6.45, 7) is 1.94. The molecular formula is C24H15F10NO4. The quantitative estimate of drug-likeness (QED) is 0.167. The number of ketones is 4. The number of hydrogen-bond donors (Lipinski definition) is 0. The van der Waals surface area contributed by atoms with Gasteiger partial charge < -0.3 is 4.57 Å². The zero-order chi connectivity index (χ0) is 29.7. The highest BCUT2D eigenvalue weighted by Gasteiger charge is 2.63. The van der Waals surface area contributed by atoms with E-state index >= 15 is 0 Å². The number of aromatic nitrogens is 1. The Morgan fingerprint density at radius 2 is 0.949 bits per heavy atom. The van der Waals surface area contributed by atoms with Crippen LogP contribution in [0.25, 0.3) is 21.8 Å². The zero-order valence-corrected chi connectivity index (χ0v) is 19.4. The number of aryl methyl sites for hydroxylation is 1. The number of benzene rings is 2. The van der Waals surface area contributed by atoms with Gasteiger partial charge in [-0.25, -0.2) is 0 Å². The van der Waals surface area contributed by atoms with Crippen LogP contribution in [0.3, 0.4) is 0 Å². The summed E-state index contributed by atoms with van der Waals surface area (Å²) in [6.07, 6.45) is -16.0. The number of rotatable bonds is 9. The van der Waals surface area contributed by atoms with E-state index in [1.807, 2.05) is 0 Å². The summed E-state index contributed by atoms with van der Waals surface area (Å²) in [5.41, 5.74) is -0.165. The molecule has 0 spiro atoms. The molecule has 210 valence electrons. The average molecular weight is 571 g/mol. The predicted octanol–water partition coefficient (Wildman–Crippen LogP) is 6.49. The second-order valence-electron chi connectivity index (χ2n) is 8.40. The number of carbonyl (C=O) groups excluding carboxylic acids is 4. The van der Waals surface area contributed by atoms with E-state index in [1.54, 1.807) is 11.5 Å². The molecule has 0 N–H and O–H groups in total. The van der Waals surface area contributed by atoms with Gasteiger partial charge in [0.15, 0.2) is 11.6 Å². The van der Waals surface area contributed by atoms with E-state index in [9.17, 15) is 63.1 Å². The Hall–Kier alpha value is -3.78. The van der Waals surface area contributed by atoms with Crippen molar-refractivity contribution in [3.8, 4) is 0 Å². The lowest BCUT2D eigenvalue weighted by Crippen LogP contribution is -2.44. The minimum Gasteiger partial charge on any atom is -0.341 e. The van der Waals surface area contributed by atoms with Gasteiger partial charge in [-0.2, -0.15) is 43.9 Å². The Morgan fingerprint density at radius 1 is 0.615 bits per heavy atom. The summed E-state index contributed by atoms with van der Waals surface area (Å²) in [5.74, 6) is -19.6. The highest BCUT2D eigenvalue weighted by molar-refractivity contribution is 6.17. The van der Waals surface area contributed by atoms with Crippen molar-refractivity contribution in [1.29, 1.82) is 0 Å². The summed E-state index contributed by atoms with van der Waals surface area (Å²) < 4.78 is 129. The van der Waals surface area contributed by atoms with Crippen molar-refractivity contribution in [1.82, 2.24) is 4.57 Å². The van der Waals surface area contributed by atoms with Gasteiger partial charge in [-0.1, -0.05) is 0 Å². The van der Waals surface area contributed by atoms with Crippen LogP contribution < -0.4 is 0 Å². The van der Waals surface area contributed by atoms with E-state index in [1.165, 1.54) is 12.1 Å². The highest BCUT2D eigenvalue weighted by atomic mass is 19.4. The third-order valence-corrected chi connectivity index (χ3v) is 5.88. The third-order valence-electron chi connectivity index (χ3n) is 5.88. The molecule has 0 saturated heterocycles. The number of alkyl halides is 10. The first-order valence-electron chi connectivity index (χ1n) is 10.8. The van der Waals surface area contributed by atoms with Gasteiger partial charge in [0.05, 0.1) is 12.8 Å². The molecule has 5 nitrogen and oxygen atoms in total. The lowest BCUT2D eigenvalue weighted by Gasteiger charge is -2.17. The Bertz CT molecular complexity index is 1390. The van der Waals surface area contributed by atoms with Crippen molar-refractivity contribution < 1.29 is 63.1 Å². The third kappa shape index (κ3) is 5.26. The maximum absolute atomic E-state index is 13.3. The van der Waals surface area contributed by atoms with Crippen LogP contribution in [0, 0.1) is 0 Å². The van der Waals surface area contributed by atoms with Crippen molar-refractivity contribution in [2.24, 2.45) is 0 Å². The fourth-order valence-electron chi connectivity index (χ4n) is 3.83. The zero-order valence-electron chi connectivity index (χ0n) is 19.4. The molecule has 0 saturated carbocycles. The topological polar surface area (TPSA) is 73.2 Å². The van der Waals surface area contributed by atoms with Crippen molar-refractivity contribution in [2.75, 3.05) is 0 Å². The SMILES string of the molecule is CCn1c2ccc(C(=O)CC(=O)C(F)(F)C(F)(F)F)cc2c2cc(C(=O)CC(=O)C(F)(F)C(F)(F)F)ccc21. The molecule has 0 aliphatic rings.